The summed E-state index contributed by atoms with van der Waals surface area (Å²) < 4.78 is 79.3. The summed E-state index contributed by atoms with van der Waals surface area (Å²) in [4.78, 5) is 26.7. The van der Waals surface area contributed by atoms with Gasteiger partial charge >= 0.3 is 728 Å². The summed E-state index contributed by atoms with van der Waals surface area (Å²) in [7, 11) is 0. The van der Waals surface area contributed by atoms with E-state index in [9.17, 15) is 7.48 Å². The van der Waals surface area contributed by atoms with Gasteiger partial charge in [0.05, 0.1) is 0 Å². The first-order valence-corrected chi connectivity index (χ1v) is 47.3. The maximum atomic E-state index is 15.1. The molecule has 568 valence electrons. The largest absolute Gasteiger partial charge is 2.00 e. The molecular formula is C96H57As3N8O7Pd3. The smallest absolute Gasteiger partial charge is 2.00 e. The first kappa shape index (κ1) is 77.7. The minimum Gasteiger partial charge on any atom is 2.00 e. The van der Waals surface area contributed by atoms with Crippen LogP contribution in [0.15, 0.2) is 347 Å². The van der Waals surface area contributed by atoms with Gasteiger partial charge in [-0.05, 0) is 0 Å². The van der Waals surface area contributed by atoms with Crippen LogP contribution >= 0.6 is 0 Å². The van der Waals surface area contributed by atoms with Crippen molar-refractivity contribution in [1.82, 2.24) is 39.0 Å². The van der Waals surface area contributed by atoms with Crippen LogP contribution in [-0.4, -0.2) is 79.5 Å². The first-order valence-electron chi connectivity index (χ1n) is 36.6. The van der Waals surface area contributed by atoms with Gasteiger partial charge in [-0.1, -0.05) is 0 Å². The van der Waals surface area contributed by atoms with Crippen molar-refractivity contribution in [3.05, 3.63) is 383 Å². The van der Waals surface area contributed by atoms with Gasteiger partial charge in [0.1, 0.15) is 0 Å². The molecule has 0 fully saturated rings. The molecule has 3 unspecified atom stereocenters. The Morgan fingerprint density at radius 1 is 0.248 bits per heavy atom. The van der Waals surface area contributed by atoms with Crippen LogP contribution in [0.4, 0.5) is 0 Å². The minimum absolute atomic E-state index is 0. The SMILES string of the molecule is O=[As]1(c2ccccn2)c2[c-]c(-n3c4[c-]c(Oc5ccccn5)ccc4c4ccccc43)ccc2-c2ccccc21.O=[As]1(c2ccccn2)c2[c-]c(Oc3[c-]c(-n4c5ccccc5c5cccnc54)ccc3)ccc2-c2ccccc21.O=[As]1(c2ccccn2)c2[c-]c(Oc3[c-]c(Oc4ccccn4)ccc3)ccc2-c2ccccc21.[Pd+2].[Pd+2].[Pd+2]. The molecule has 15 nitrogen and oxygen atoms in total. The van der Waals surface area contributed by atoms with Crippen LogP contribution in [0, 0.1) is 36.4 Å². The van der Waals surface area contributed by atoms with Gasteiger partial charge in [0, 0.05) is 0 Å². The molecule has 19 aromatic rings. The predicted molar refractivity (Wildman–Crippen MR) is 446 cm³/mol. The number of ether oxygens (including phenoxy) is 4. The molecule has 117 heavy (non-hydrogen) atoms. The molecular weight excluding hydrogens is 1920 g/mol. The van der Waals surface area contributed by atoms with Crippen LogP contribution < -0.4 is 58.5 Å². The zero-order valence-electron chi connectivity index (χ0n) is 61.1. The second-order valence-corrected chi connectivity index (χ2v) is 43.3. The first-order chi connectivity index (χ1) is 56.1. The molecule has 0 spiro atoms. The van der Waals surface area contributed by atoms with Crippen molar-refractivity contribution >= 4 is 124 Å². The summed E-state index contributed by atoms with van der Waals surface area (Å²) in [6, 6.07) is 119. The Morgan fingerprint density at radius 2 is 0.624 bits per heavy atom. The molecule has 0 saturated carbocycles. The Kier molecular flexibility index (Phi) is 21.7. The van der Waals surface area contributed by atoms with Gasteiger partial charge in [-0.25, -0.2) is 0 Å². The van der Waals surface area contributed by atoms with Crippen molar-refractivity contribution in [3.63, 3.8) is 0 Å². The van der Waals surface area contributed by atoms with Gasteiger partial charge in [0.25, 0.3) is 0 Å². The number of pyridine rings is 6. The summed E-state index contributed by atoms with van der Waals surface area (Å²) in [5.41, 5.74) is 11.1. The summed E-state index contributed by atoms with van der Waals surface area (Å²) >= 11 is -12.1. The van der Waals surface area contributed by atoms with Crippen LogP contribution in [0.25, 0.3) is 88.5 Å². The third-order valence-corrected chi connectivity index (χ3v) is 38.9. The van der Waals surface area contributed by atoms with E-state index in [1.54, 1.807) is 55.4 Å². The molecule has 3 atom stereocenters. The van der Waals surface area contributed by atoms with E-state index in [2.05, 4.69) is 118 Å². The fourth-order valence-corrected chi connectivity index (χ4v) is 33.4. The van der Waals surface area contributed by atoms with Crippen LogP contribution in [0.5, 0.6) is 46.3 Å². The predicted octanol–water partition coefficient (Wildman–Crippen LogP) is 14.7. The molecule has 0 bridgehead atoms. The fraction of sp³-hybridized carbons (Fsp3) is 0. The van der Waals surface area contributed by atoms with E-state index < -0.39 is 40.5 Å². The van der Waals surface area contributed by atoms with Crippen molar-refractivity contribution in [2.24, 2.45) is 0 Å². The van der Waals surface area contributed by atoms with Crippen molar-refractivity contribution in [2.45, 2.75) is 0 Å². The van der Waals surface area contributed by atoms with Crippen molar-refractivity contribution < 1.29 is 91.4 Å². The Morgan fingerprint density at radius 3 is 1.13 bits per heavy atom. The van der Waals surface area contributed by atoms with Crippen LogP contribution in [0.1, 0.15) is 0 Å². The number of rotatable bonds is 13. The molecule has 0 N–H and O–H groups in total. The molecule has 0 saturated heterocycles. The fourth-order valence-electron chi connectivity index (χ4n) is 15.3. The summed E-state index contributed by atoms with van der Waals surface area (Å²) in [5.74, 6) is 3.94. The normalized spacial score (nSPS) is 15.4. The van der Waals surface area contributed by atoms with Crippen LogP contribution in [-0.2, 0) is 72.5 Å². The number of para-hydroxylation sites is 2. The summed E-state index contributed by atoms with van der Waals surface area (Å²) in [6.07, 6.45) is 10.3. The molecule has 0 radical (unpaired) electrons. The second-order valence-electron chi connectivity index (χ2n) is 26.9. The molecule has 3 aliphatic rings. The minimum atomic E-state index is -4.08. The molecule has 21 heteroatoms. The maximum absolute atomic E-state index is 15.1. The molecule has 3 aliphatic heterocycles. The van der Waals surface area contributed by atoms with Crippen LogP contribution in [0.3, 0.4) is 0 Å². The van der Waals surface area contributed by atoms with Gasteiger partial charge in [-0.3, -0.25) is 0 Å². The molecule has 11 aromatic carbocycles. The van der Waals surface area contributed by atoms with Crippen LogP contribution in [0.2, 0.25) is 0 Å². The Hall–Kier alpha value is -11.8. The van der Waals surface area contributed by atoms with Crippen molar-refractivity contribution in [2.75, 3.05) is 0 Å². The maximum Gasteiger partial charge on any atom is 2.00 e. The molecule has 0 aliphatic carbocycles. The number of benzene rings is 11. The molecule has 0 amide bonds. The average molecular weight is 1980 g/mol. The van der Waals surface area contributed by atoms with Crippen molar-refractivity contribution in [3.8, 4) is 91.0 Å². The third kappa shape index (κ3) is 13.9. The van der Waals surface area contributed by atoms with E-state index >= 15 is 3.74 Å². The number of fused-ring (bicyclic) bond motifs is 15. The van der Waals surface area contributed by atoms with Gasteiger partial charge in [0.2, 0.25) is 0 Å². The molecule has 8 aromatic heterocycles. The Bertz CT molecular complexity index is 7100. The van der Waals surface area contributed by atoms with E-state index in [4.69, 9.17) is 18.9 Å². The van der Waals surface area contributed by atoms with E-state index in [0.29, 0.717) is 68.4 Å². The van der Waals surface area contributed by atoms with Gasteiger partial charge in [0.15, 0.2) is 0 Å². The second kappa shape index (κ2) is 32.7. The van der Waals surface area contributed by atoms with E-state index in [1.807, 2.05) is 249 Å². The monoisotopic (exact) mass is 1980 g/mol. The number of hydrogen-bond acceptors (Lipinski definition) is 13. The van der Waals surface area contributed by atoms with Gasteiger partial charge < -0.3 is 0 Å². The standard InChI is InChI=1S/2C34H20AsN3O2.C28H17AsN2O3.3Pd/c39-35(33-13-5-7-19-36-33)29-11-3-1-9-25(29)26-17-15-23(21-30(26)35)38-31-12-4-2-10-27(31)28-18-16-24(22-32(28)38)40-34-14-6-8-20-37-34;39-35(33-16-5-6-19-36-33)30-14-3-1-11-26(30)27-18-17-25(22-31(27)35)40-24-10-7-9-23(21-24)38-32-15-4-2-12-28(32)29-13-8-20-37-34(29)38;32-29(27-12-3-5-16-30-27)25-11-2-1-10-23(25)24-15-14-22(19-26(24)29)33-20-8-7-9-21(18-20)34-28-13-4-6-17-31-28;;;/h2*1-20H;1-17H;;;/q3*-2;3*+2. The number of hydrogen-bond donors (Lipinski definition) is 0. The zero-order valence-corrected chi connectivity index (χ0v) is 71.4. The van der Waals surface area contributed by atoms with E-state index in [1.165, 1.54) is 0 Å². The zero-order chi connectivity index (χ0) is 76.3. The van der Waals surface area contributed by atoms with Gasteiger partial charge in [-0.15, -0.1) is 0 Å². The van der Waals surface area contributed by atoms with Gasteiger partial charge in [-0.2, -0.15) is 0 Å². The molecule has 22 rings (SSSR count). The third-order valence-electron chi connectivity index (χ3n) is 20.3. The van der Waals surface area contributed by atoms with E-state index in [0.717, 1.165) is 106 Å². The summed E-state index contributed by atoms with van der Waals surface area (Å²) in [5, 5.41) is 4.34. The average Bonchev–Trinajstić information content (AvgIpc) is 1.54. The topological polar surface area (TPSA) is 175 Å². The number of nitrogens with zero attached hydrogens (tertiary/aromatic N) is 8. The Balaban J connectivity index is 0.000000125. The Labute approximate surface area is 721 Å². The number of aromatic nitrogens is 8. The summed E-state index contributed by atoms with van der Waals surface area (Å²) in [6.45, 7) is 0. The molecule has 11 heterocycles. The van der Waals surface area contributed by atoms with Crippen molar-refractivity contribution in [1.29, 1.82) is 0 Å². The van der Waals surface area contributed by atoms with E-state index in [-0.39, 0.29) is 61.3 Å². The quantitative estimate of drug-likeness (QED) is 0.0788.